The zero-order chi connectivity index (χ0) is 16.5. The Balaban J connectivity index is 2.39. The number of nitrogens with zero attached hydrogens (tertiary/aromatic N) is 3. The van der Waals surface area contributed by atoms with Gasteiger partial charge < -0.3 is 15.5 Å². The van der Waals surface area contributed by atoms with Crippen LogP contribution in [0.3, 0.4) is 0 Å². The molecule has 0 atom stereocenters. The van der Waals surface area contributed by atoms with Crippen LogP contribution in [-0.4, -0.2) is 55.1 Å². The fraction of sp³-hybridized carbons (Fsp3) is 0.750. The molecule has 2 N–H and O–H groups in total. The van der Waals surface area contributed by atoms with Crippen molar-refractivity contribution in [1.29, 1.82) is 0 Å². The summed E-state index contributed by atoms with van der Waals surface area (Å²) < 4.78 is 0. The van der Waals surface area contributed by atoms with Crippen LogP contribution in [0.5, 0.6) is 0 Å². The Hall–Kier alpha value is -1.14. The van der Waals surface area contributed by atoms with Crippen LogP contribution in [-0.2, 0) is 6.42 Å². The summed E-state index contributed by atoms with van der Waals surface area (Å²) in [4.78, 5) is 12.8. The number of aryl methyl sites for hydroxylation is 2. The number of guanidine groups is 1. The number of hydrogen-bond donors (Lipinski definition) is 2. The molecule has 0 aromatic carbocycles. The molecule has 5 nitrogen and oxygen atoms in total. The lowest BCUT2D eigenvalue weighted by atomic mass is 10.3. The van der Waals surface area contributed by atoms with Crippen molar-refractivity contribution in [1.82, 2.24) is 20.5 Å². The summed E-state index contributed by atoms with van der Waals surface area (Å²) in [6.45, 7) is 14.2. The lowest BCUT2D eigenvalue weighted by Gasteiger charge is -2.20. The second-order valence-electron chi connectivity index (χ2n) is 5.76. The quantitative estimate of drug-likeness (QED) is 0.568. The van der Waals surface area contributed by atoms with Gasteiger partial charge in [0, 0.05) is 37.0 Å². The van der Waals surface area contributed by atoms with Gasteiger partial charge in [-0.25, -0.2) is 4.98 Å². The lowest BCUT2D eigenvalue weighted by Crippen LogP contribution is -2.39. The maximum absolute atomic E-state index is 4.63. The number of likely N-dealkylation sites (N-methyl/N-ethyl adjacent to an activating group) is 1. The molecule has 6 heteroatoms. The molecule has 0 aliphatic rings. The van der Waals surface area contributed by atoms with Crippen molar-refractivity contribution in [3.05, 3.63) is 15.6 Å². The van der Waals surface area contributed by atoms with Gasteiger partial charge in [-0.15, -0.1) is 11.3 Å². The normalized spacial score (nSPS) is 12.3. The number of nitrogens with one attached hydrogen (secondary N) is 2. The van der Waals surface area contributed by atoms with E-state index in [9.17, 15) is 0 Å². The predicted molar refractivity (Wildman–Crippen MR) is 97.0 cm³/mol. The van der Waals surface area contributed by atoms with E-state index in [1.54, 1.807) is 11.3 Å². The number of aromatic nitrogens is 1. The Kier molecular flexibility index (Phi) is 8.42. The van der Waals surface area contributed by atoms with Crippen LogP contribution in [0.25, 0.3) is 0 Å². The highest BCUT2D eigenvalue weighted by Gasteiger charge is 2.05. The molecule has 0 aliphatic carbocycles. The minimum atomic E-state index is 0.558. The van der Waals surface area contributed by atoms with Gasteiger partial charge in [0.05, 0.1) is 17.2 Å². The van der Waals surface area contributed by atoms with Gasteiger partial charge in [0.2, 0.25) is 0 Å². The Morgan fingerprint density at radius 2 is 2.05 bits per heavy atom. The van der Waals surface area contributed by atoms with E-state index in [-0.39, 0.29) is 0 Å². The van der Waals surface area contributed by atoms with Gasteiger partial charge in [-0.1, -0.05) is 0 Å². The van der Waals surface area contributed by atoms with E-state index < -0.39 is 0 Å². The SMILES string of the molecule is CCNC(=NCCN(C)C(C)C)NCCc1nc(C)c(C)s1. The van der Waals surface area contributed by atoms with Gasteiger partial charge in [0.25, 0.3) is 0 Å². The minimum Gasteiger partial charge on any atom is -0.357 e. The third-order valence-electron chi connectivity index (χ3n) is 3.65. The lowest BCUT2D eigenvalue weighted by molar-refractivity contribution is 0.282. The van der Waals surface area contributed by atoms with Crippen molar-refractivity contribution in [3.63, 3.8) is 0 Å². The minimum absolute atomic E-state index is 0.558. The summed E-state index contributed by atoms with van der Waals surface area (Å²) in [5.74, 6) is 0.893. The average molecular weight is 326 g/mol. The third-order valence-corrected chi connectivity index (χ3v) is 4.79. The molecule has 0 aliphatic heterocycles. The van der Waals surface area contributed by atoms with E-state index >= 15 is 0 Å². The van der Waals surface area contributed by atoms with E-state index in [1.165, 1.54) is 9.88 Å². The summed E-state index contributed by atoms with van der Waals surface area (Å²) in [5, 5.41) is 7.87. The number of rotatable bonds is 8. The van der Waals surface area contributed by atoms with E-state index in [4.69, 9.17) is 0 Å². The maximum atomic E-state index is 4.63. The molecular weight excluding hydrogens is 294 g/mol. The van der Waals surface area contributed by atoms with Gasteiger partial charge >= 0.3 is 0 Å². The fourth-order valence-electron chi connectivity index (χ4n) is 1.85. The van der Waals surface area contributed by atoms with E-state index in [0.717, 1.165) is 44.3 Å². The number of aliphatic imine (C=N–C) groups is 1. The zero-order valence-electron chi connectivity index (χ0n) is 14.9. The van der Waals surface area contributed by atoms with E-state index in [0.29, 0.717) is 6.04 Å². The van der Waals surface area contributed by atoms with Crippen LogP contribution < -0.4 is 10.6 Å². The molecule has 126 valence electrons. The molecule has 1 rings (SSSR count). The van der Waals surface area contributed by atoms with Crippen molar-refractivity contribution in [2.24, 2.45) is 4.99 Å². The van der Waals surface area contributed by atoms with Crippen molar-refractivity contribution in [2.75, 3.05) is 33.2 Å². The van der Waals surface area contributed by atoms with Crippen LogP contribution in [0, 0.1) is 13.8 Å². The Bertz CT molecular complexity index is 448. The molecule has 0 unspecified atom stereocenters. The van der Waals surface area contributed by atoms with Gasteiger partial charge in [-0.3, -0.25) is 4.99 Å². The Morgan fingerprint density at radius 1 is 1.32 bits per heavy atom. The van der Waals surface area contributed by atoms with E-state index in [2.05, 4.69) is 67.2 Å². The van der Waals surface area contributed by atoms with Gasteiger partial charge in [0.1, 0.15) is 0 Å². The summed E-state index contributed by atoms with van der Waals surface area (Å²) >= 11 is 1.79. The summed E-state index contributed by atoms with van der Waals surface area (Å²) in [7, 11) is 2.13. The zero-order valence-corrected chi connectivity index (χ0v) is 15.7. The first-order valence-electron chi connectivity index (χ1n) is 8.09. The third kappa shape index (κ3) is 6.75. The second kappa shape index (κ2) is 9.79. The van der Waals surface area contributed by atoms with Crippen LogP contribution in [0.15, 0.2) is 4.99 Å². The topological polar surface area (TPSA) is 52.6 Å². The highest BCUT2D eigenvalue weighted by atomic mass is 32.1. The van der Waals surface area contributed by atoms with Crippen LogP contribution in [0.1, 0.15) is 36.3 Å². The van der Waals surface area contributed by atoms with Crippen LogP contribution >= 0.6 is 11.3 Å². The van der Waals surface area contributed by atoms with Crippen molar-refractivity contribution in [3.8, 4) is 0 Å². The van der Waals surface area contributed by atoms with Crippen molar-refractivity contribution >= 4 is 17.3 Å². The first kappa shape index (κ1) is 18.9. The smallest absolute Gasteiger partial charge is 0.191 e. The van der Waals surface area contributed by atoms with Gasteiger partial charge in [-0.2, -0.15) is 0 Å². The van der Waals surface area contributed by atoms with Crippen LogP contribution in [0.4, 0.5) is 0 Å². The standard InChI is InChI=1S/C16H31N5S/c1-7-17-16(19-10-11-21(6)12(2)3)18-9-8-15-20-13(4)14(5)22-15/h12H,7-11H2,1-6H3,(H2,17,18,19). The van der Waals surface area contributed by atoms with Crippen molar-refractivity contribution < 1.29 is 0 Å². The first-order chi connectivity index (χ1) is 10.4. The first-order valence-corrected chi connectivity index (χ1v) is 8.91. The molecule has 0 amide bonds. The predicted octanol–water partition coefficient (Wildman–Crippen LogP) is 2.20. The molecule has 1 aromatic rings. The molecule has 22 heavy (non-hydrogen) atoms. The molecule has 0 fully saturated rings. The molecule has 0 saturated heterocycles. The molecule has 1 aromatic heterocycles. The number of hydrogen-bond acceptors (Lipinski definition) is 4. The maximum Gasteiger partial charge on any atom is 0.191 e. The monoisotopic (exact) mass is 325 g/mol. The summed E-state index contributed by atoms with van der Waals surface area (Å²) in [6, 6.07) is 0.558. The molecular formula is C16H31N5S. The Morgan fingerprint density at radius 3 is 2.59 bits per heavy atom. The van der Waals surface area contributed by atoms with Crippen molar-refractivity contribution in [2.45, 2.75) is 47.1 Å². The van der Waals surface area contributed by atoms with Gasteiger partial charge in [0.15, 0.2) is 5.96 Å². The largest absolute Gasteiger partial charge is 0.357 e. The molecule has 0 saturated carbocycles. The summed E-state index contributed by atoms with van der Waals surface area (Å²) in [6.07, 6.45) is 0.940. The van der Waals surface area contributed by atoms with Gasteiger partial charge in [-0.05, 0) is 41.7 Å². The van der Waals surface area contributed by atoms with Crippen LogP contribution in [0.2, 0.25) is 0 Å². The fourth-order valence-corrected chi connectivity index (χ4v) is 2.79. The summed E-state index contributed by atoms with van der Waals surface area (Å²) in [5.41, 5.74) is 1.15. The Labute approximate surface area is 139 Å². The molecule has 0 bridgehead atoms. The molecule has 1 heterocycles. The highest BCUT2D eigenvalue weighted by Crippen LogP contribution is 2.16. The molecule has 0 spiro atoms. The highest BCUT2D eigenvalue weighted by molar-refractivity contribution is 7.11. The number of thiazole rings is 1. The van der Waals surface area contributed by atoms with E-state index in [1.807, 2.05) is 0 Å². The average Bonchev–Trinajstić information content (AvgIpc) is 2.77. The second-order valence-corrected chi connectivity index (χ2v) is 7.05. The molecule has 0 radical (unpaired) electrons.